The Kier molecular flexibility index (Phi) is 6.26. The van der Waals surface area contributed by atoms with Crippen molar-refractivity contribution < 1.29 is 33.0 Å². The number of benzene rings is 1. The van der Waals surface area contributed by atoms with Gasteiger partial charge in [-0.15, -0.1) is 0 Å². The summed E-state index contributed by atoms with van der Waals surface area (Å²) >= 11 is 0. The highest BCUT2D eigenvalue weighted by Gasteiger charge is 2.46. The number of methoxy groups -OCH3 is 4. The van der Waals surface area contributed by atoms with Gasteiger partial charge in [-0.2, -0.15) is 0 Å². The SMILES string of the molecule is COC(=O)C1C(C)=NC2=C(C(=O)CC(c3ccco3)C2)C1c1ccc(OC)c(OC)c1OC. The standard InChI is InChI=1S/C25H27NO7/c1-13-20(25(28)32-5)21(15-8-9-19(29-2)24(31-4)23(15)30-3)22-16(26-13)11-14(12-17(22)27)18-7-6-10-33-18/h6-10,14,20-21H,11-12H2,1-5H3. The Morgan fingerprint density at radius 2 is 1.79 bits per heavy atom. The number of ketones is 1. The van der Waals surface area contributed by atoms with Crippen LogP contribution in [0.1, 0.15) is 42.9 Å². The minimum absolute atomic E-state index is 0.0790. The minimum atomic E-state index is -0.773. The molecule has 0 amide bonds. The molecule has 2 aromatic rings. The van der Waals surface area contributed by atoms with Crippen molar-refractivity contribution in [3.63, 3.8) is 0 Å². The Morgan fingerprint density at radius 3 is 2.39 bits per heavy atom. The number of rotatable bonds is 6. The molecule has 3 unspecified atom stereocenters. The lowest BCUT2D eigenvalue weighted by Gasteiger charge is -2.36. The van der Waals surface area contributed by atoms with Crippen molar-refractivity contribution in [1.29, 1.82) is 0 Å². The molecule has 4 rings (SSSR count). The minimum Gasteiger partial charge on any atom is -0.493 e. The molecule has 1 aromatic heterocycles. The average molecular weight is 453 g/mol. The second-order valence-corrected chi connectivity index (χ2v) is 8.06. The average Bonchev–Trinajstić information content (AvgIpc) is 3.36. The lowest BCUT2D eigenvalue weighted by Crippen LogP contribution is -2.38. The fourth-order valence-corrected chi connectivity index (χ4v) is 4.92. The third-order valence-corrected chi connectivity index (χ3v) is 6.36. The first kappa shape index (κ1) is 22.6. The van der Waals surface area contributed by atoms with Crippen molar-refractivity contribution in [3.8, 4) is 17.2 Å². The summed E-state index contributed by atoms with van der Waals surface area (Å²) in [5, 5.41) is 0. The van der Waals surface area contributed by atoms with Gasteiger partial charge in [0.25, 0.3) is 0 Å². The Morgan fingerprint density at radius 1 is 1.03 bits per heavy atom. The van der Waals surface area contributed by atoms with Crippen LogP contribution in [0.25, 0.3) is 0 Å². The highest BCUT2D eigenvalue weighted by molar-refractivity contribution is 6.09. The second-order valence-electron chi connectivity index (χ2n) is 8.06. The quantitative estimate of drug-likeness (QED) is 0.609. The molecule has 0 saturated heterocycles. The molecule has 33 heavy (non-hydrogen) atoms. The molecule has 1 aliphatic carbocycles. The molecule has 2 heterocycles. The van der Waals surface area contributed by atoms with E-state index < -0.39 is 17.8 Å². The van der Waals surface area contributed by atoms with Crippen molar-refractivity contribution >= 4 is 17.5 Å². The van der Waals surface area contributed by atoms with E-state index in [4.69, 9.17) is 28.4 Å². The van der Waals surface area contributed by atoms with E-state index in [0.717, 1.165) is 5.76 Å². The number of hydrogen-bond donors (Lipinski definition) is 0. The van der Waals surface area contributed by atoms with E-state index in [1.165, 1.54) is 28.4 Å². The highest BCUT2D eigenvalue weighted by Crippen LogP contribution is 2.51. The summed E-state index contributed by atoms with van der Waals surface area (Å²) in [7, 11) is 5.90. The van der Waals surface area contributed by atoms with E-state index in [2.05, 4.69) is 0 Å². The Balaban J connectivity index is 1.91. The van der Waals surface area contributed by atoms with Gasteiger partial charge in [0.1, 0.15) is 11.7 Å². The van der Waals surface area contributed by atoms with Gasteiger partial charge >= 0.3 is 5.97 Å². The van der Waals surface area contributed by atoms with Crippen LogP contribution in [0.2, 0.25) is 0 Å². The van der Waals surface area contributed by atoms with Gasteiger partial charge < -0.3 is 23.4 Å². The summed E-state index contributed by atoms with van der Waals surface area (Å²) in [5.41, 5.74) is 2.38. The summed E-state index contributed by atoms with van der Waals surface area (Å²) in [6.45, 7) is 1.78. The highest BCUT2D eigenvalue weighted by atomic mass is 16.5. The van der Waals surface area contributed by atoms with Crippen molar-refractivity contribution in [3.05, 3.63) is 53.1 Å². The number of ether oxygens (including phenoxy) is 4. The van der Waals surface area contributed by atoms with Crippen molar-refractivity contribution in [2.75, 3.05) is 28.4 Å². The first-order valence-corrected chi connectivity index (χ1v) is 10.7. The zero-order chi connectivity index (χ0) is 23.7. The molecular weight excluding hydrogens is 426 g/mol. The molecule has 0 bridgehead atoms. The molecule has 0 spiro atoms. The maximum absolute atomic E-state index is 13.5. The van der Waals surface area contributed by atoms with E-state index >= 15 is 0 Å². The molecular formula is C25H27NO7. The number of hydrogen-bond acceptors (Lipinski definition) is 8. The number of furan rings is 1. The van der Waals surface area contributed by atoms with Crippen molar-refractivity contribution in [2.45, 2.75) is 31.6 Å². The molecule has 0 fully saturated rings. The van der Waals surface area contributed by atoms with Crippen LogP contribution < -0.4 is 14.2 Å². The lowest BCUT2D eigenvalue weighted by molar-refractivity contribution is -0.143. The molecule has 1 aromatic carbocycles. The number of carbonyl (C=O) groups is 2. The number of allylic oxidation sites excluding steroid dienone is 2. The van der Waals surface area contributed by atoms with E-state index in [1.807, 2.05) is 12.1 Å². The first-order chi connectivity index (χ1) is 15.9. The molecule has 174 valence electrons. The van der Waals surface area contributed by atoms with Gasteiger partial charge in [0.15, 0.2) is 17.3 Å². The zero-order valence-electron chi connectivity index (χ0n) is 19.3. The van der Waals surface area contributed by atoms with Crippen LogP contribution in [0.4, 0.5) is 0 Å². The van der Waals surface area contributed by atoms with Crippen molar-refractivity contribution in [2.24, 2.45) is 10.9 Å². The van der Waals surface area contributed by atoms with Crippen LogP contribution in [0.15, 0.2) is 51.2 Å². The number of Topliss-reactive ketones (excluding diaryl/α,β-unsaturated/α-hetero) is 1. The van der Waals surface area contributed by atoms with E-state index in [9.17, 15) is 9.59 Å². The van der Waals surface area contributed by atoms with Crippen LogP contribution in [0, 0.1) is 5.92 Å². The second kappa shape index (κ2) is 9.13. The van der Waals surface area contributed by atoms with Gasteiger partial charge in [-0.1, -0.05) is 6.07 Å². The molecule has 2 aliphatic rings. The predicted octanol–water partition coefficient (Wildman–Crippen LogP) is 4.05. The fourth-order valence-electron chi connectivity index (χ4n) is 4.92. The summed E-state index contributed by atoms with van der Waals surface area (Å²) in [5.74, 6) is -0.0391. The van der Waals surface area contributed by atoms with Crippen LogP contribution in [-0.2, 0) is 14.3 Å². The Bertz CT molecular complexity index is 1130. The summed E-state index contributed by atoms with van der Waals surface area (Å²) in [4.78, 5) is 31.2. The molecule has 0 saturated carbocycles. The number of nitrogens with zero attached hydrogens (tertiary/aromatic N) is 1. The third kappa shape index (κ3) is 3.79. The van der Waals surface area contributed by atoms with E-state index in [0.29, 0.717) is 46.2 Å². The number of carbonyl (C=O) groups excluding carboxylic acids is 2. The predicted molar refractivity (Wildman–Crippen MR) is 120 cm³/mol. The monoisotopic (exact) mass is 453 g/mol. The molecule has 3 atom stereocenters. The molecule has 0 N–H and O–H groups in total. The maximum atomic E-state index is 13.5. The fraction of sp³-hybridized carbons (Fsp3) is 0.400. The van der Waals surface area contributed by atoms with Crippen molar-refractivity contribution in [1.82, 2.24) is 0 Å². The third-order valence-electron chi connectivity index (χ3n) is 6.36. The molecule has 0 radical (unpaired) electrons. The Labute approximate surface area is 192 Å². The van der Waals surface area contributed by atoms with Gasteiger partial charge in [0.2, 0.25) is 5.75 Å². The van der Waals surface area contributed by atoms with E-state index in [1.54, 1.807) is 25.3 Å². The summed E-state index contributed by atoms with van der Waals surface area (Å²) in [6, 6.07) is 7.22. The van der Waals surface area contributed by atoms with Gasteiger partial charge in [-0.25, -0.2) is 0 Å². The van der Waals surface area contributed by atoms with Gasteiger partial charge in [-0.3, -0.25) is 14.6 Å². The summed E-state index contributed by atoms with van der Waals surface area (Å²) < 4.78 is 27.4. The number of aliphatic imine (C=N–C) groups is 1. The normalized spacial score (nSPS) is 22.4. The smallest absolute Gasteiger partial charge is 0.315 e. The van der Waals surface area contributed by atoms with Gasteiger partial charge in [0.05, 0.1) is 34.7 Å². The Hall–Kier alpha value is -3.55. The molecule has 1 aliphatic heterocycles. The van der Waals surface area contributed by atoms with E-state index in [-0.39, 0.29) is 18.1 Å². The van der Waals surface area contributed by atoms with Crippen LogP contribution in [0.3, 0.4) is 0 Å². The number of esters is 1. The van der Waals surface area contributed by atoms with Crippen LogP contribution in [-0.4, -0.2) is 45.9 Å². The van der Waals surface area contributed by atoms with Gasteiger partial charge in [0, 0.05) is 47.2 Å². The molecule has 8 nitrogen and oxygen atoms in total. The lowest BCUT2D eigenvalue weighted by atomic mass is 9.69. The summed E-state index contributed by atoms with van der Waals surface area (Å²) in [6.07, 6.45) is 2.40. The first-order valence-electron chi connectivity index (χ1n) is 10.7. The maximum Gasteiger partial charge on any atom is 0.315 e. The van der Waals surface area contributed by atoms with Gasteiger partial charge in [-0.05, 0) is 25.1 Å². The largest absolute Gasteiger partial charge is 0.493 e. The van der Waals surface area contributed by atoms with Crippen LogP contribution in [0.5, 0.6) is 17.2 Å². The zero-order valence-corrected chi connectivity index (χ0v) is 19.3. The molecule has 8 heteroatoms. The topological polar surface area (TPSA) is 96.6 Å². The van der Waals surface area contributed by atoms with Crippen LogP contribution >= 0.6 is 0 Å².